The van der Waals surface area contributed by atoms with E-state index < -0.39 is 5.97 Å². The minimum Gasteiger partial charge on any atom is -0.478 e. The van der Waals surface area contributed by atoms with Gasteiger partial charge in [-0.3, -0.25) is 0 Å². The van der Waals surface area contributed by atoms with Gasteiger partial charge in [0.25, 0.3) is 0 Å². The number of aromatic nitrogens is 1. The number of hydrogen-bond donors (Lipinski definition) is 1. The molecule has 1 heterocycles. The summed E-state index contributed by atoms with van der Waals surface area (Å²) in [7, 11) is 1.96. The zero-order chi connectivity index (χ0) is 12.4. The third-order valence-electron chi connectivity index (χ3n) is 2.90. The summed E-state index contributed by atoms with van der Waals surface area (Å²) < 4.78 is 2.01. The van der Waals surface area contributed by atoms with Crippen molar-refractivity contribution < 1.29 is 9.90 Å². The SMILES string of the molecule is CCc1ccc2c(c1)c(/C=C/C(=O)O)cn2C. The van der Waals surface area contributed by atoms with Crippen LogP contribution in [0.25, 0.3) is 17.0 Å². The summed E-state index contributed by atoms with van der Waals surface area (Å²) >= 11 is 0. The number of carboxylic acid groups (broad SMARTS) is 1. The zero-order valence-corrected chi connectivity index (χ0v) is 9.97. The van der Waals surface area contributed by atoms with E-state index in [4.69, 9.17) is 5.11 Å². The van der Waals surface area contributed by atoms with Gasteiger partial charge in [-0.1, -0.05) is 13.0 Å². The van der Waals surface area contributed by atoms with Crippen molar-refractivity contribution in [3.8, 4) is 0 Å². The maximum absolute atomic E-state index is 10.5. The normalized spacial score (nSPS) is 11.4. The Labute approximate surface area is 100.0 Å². The topological polar surface area (TPSA) is 42.2 Å². The van der Waals surface area contributed by atoms with Gasteiger partial charge in [0.2, 0.25) is 0 Å². The van der Waals surface area contributed by atoms with E-state index >= 15 is 0 Å². The van der Waals surface area contributed by atoms with Gasteiger partial charge in [0.05, 0.1) is 0 Å². The molecule has 2 rings (SSSR count). The van der Waals surface area contributed by atoms with E-state index in [0.29, 0.717) is 0 Å². The highest BCUT2D eigenvalue weighted by Gasteiger charge is 2.05. The van der Waals surface area contributed by atoms with Crippen LogP contribution in [0.3, 0.4) is 0 Å². The summed E-state index contributed by atoms with van der Waals surface area (Å²) in [6.07, 6.45) is 5.74. The highest BCUT2D eigenvalue weighted by atomic mass is 16.4. The van der Waals surface area contributed by atoms with Gasteiger partial charge in [-0.2, -0.15) is 0 Å². The van der Waals surface area contributed by atoms with Gasteiger partial charge >= 0.3 is 5.97 Å². The standard InChI is InChI=1S/C14H15NO2/c1-3-10-4-6-13-12(8-10)11(9-15(13)2)5-7-14(16)17/h4-9H,3H2,1-2H3,(H,16,17)/b7-5+. The Bertz CT molecular complexity index is 594. The Morgan fingerprint density at radius 2 is 2.24 bits per heavy atom. The zero-order valence-electron chi connectivity index (χ0n) is 9.97. The van der Waals surface area contributed by atoms with Crippen molar-refractivity contribution in [2.24, 2.45) is 7.05 Å². The Balaban J connectivity index is 2.59. The summed E-state index contributed by atoms with van der Waals surface area (Å²) in [5, 5.41) is 9.76. The van der Waals surface area contributed by atoms with E-state index in [1.165, 1.54) is 11.6 Å². The second kappa shape index (κ2) is 4.45. The molecule has 0 aliphatic rings. The fraction of sp³-hybridized carbons (Fsp3) is 0.214. The van der Waals surface area contributed by atoms with Gasteiger partial charge in [-0.25, -0.2) is 4.79 Å². The second-order valence-corrected chi connectivity index (χ2v) is 4.07. The third kappa shape index (κ3) is 2.23. The first-order valence-corrected chi connectivity index (χ1v) is 5.60. The van der Waals surface area contributed by atoms with E-state index in [-0.39, 0.29) is 0 Å². The Kier molecular flexibility index (Phi) is 3.00. The summed E-state index contributed by atoms with van der Waals surface area (Å²) in [4.78, 5) is 10.5. The van der Waals surface area contributed by atoms with Crippen molar-refractivity contribution in [2.45, 2.75) is 13.3 Å². The predicted octanol–water partition coefficient (Wildman–Crippen LogP) is 2.84. The highest BCUT2D eigenvalue weighted by molar-refractivity contribution is 5.94. The van der Waals surface area contributed by atoms with Gasteiger partial charge in [0.1, 0.15) is 0 Å². The van der Waals surface area contributed by atoms with E-state index in [9.17, 15) is 4.79 Å². The predicted molar refractivity (Wildman–Crippen MR) is 69.0 cm³/mol. The molecule has 0 atom stereocenters. The van der Waals surface area contributed by atoms with Crippen molar-refractivity contribution in [3.63, 3.8) is 0 Å². The maximum atomic E-state index is 10.5. The molecule has 0 spiro atoms. The molecule has 0 saturated carbocycles. The fourth-order valence-electron chi connectivity index (χ4n) is 1.98. The number of benzene rings is 1. The molecule has 0 unspecified atom stereocenters. The lowest BCUT2D eigenvalue weighted by molar-refractivity contribution is -0.131. The van der Waals surface area contributed by atoms with Crippen LogP contribution in [0.2, 0.25) is 0 Å². The molecular weight excluding hydrogens is 214 g/mol. The lowest BCUT2D eigenvalue weighted by Gasteiger charge is -1.99. The van der Waals surface area contributed by atoms with Gasteiger partial charge in [-0.15, -0.1) is 0 Å². The van der Waals surface area contributed by atoms with Crippen molar-refractivity contribution in [3.05, 3.63) is 41.6 Å². The number of aryl methyl sites for hydroxylation is 2. The van der Waals surface area contributed by atoms with Crippen molar-refractivity contribution in [1.29, 1.82) is 0 Å². The van der Waals surface area contributed by atoms with Crippen molar-refractivity contribution >= 4 is 22.9 Å². The first-order valence-electron chi connectivity index (χ1n) is 5.60. The summed E-state index contributed by atoms with van der Waals surface area (Å²) in [5.41, 5.74) is 3.32. The molecule has 88 valence electrons. The molecular formula is C14H15NO2. The van der Waals surface area contributed by atoms with Gasteiger partial charge in [0.15, 0.2) is 0 Å². The van der Waals surface area contributed by atoms with E-state index in [1.807, 2.05) is 17.8 Å². The van der Waals surface area contributed by atoms with Crippen LogP contribution in [0.5, 0.6) is 0 Å². The van der Waals surface area contributed by atoms with Crippen molar-refractivity contribution in [1.82, 2.24) is 4.57 Å². The first kappa shape index (κ1) is 11.5. The molecule has 0 radical (unpaired) electrons. The minimum atomic E-state index is -0.923. The smallest absolute Gasteiger partial charge is 0.328 e. The lowest BCUT2D eigenvalue weighted by Crippen LogP contribution is -1.85. The molecule has 0 bridgehead atoms. The summed E-state index contributed by atoms with van der Waals surface area (Å²) in [6, 6.07) is 6.30. The molecule has 0 fully saturated rings. The van der Waals surface area contributed by atoms with E-state index in [0.717, 1.165) is 22.9 Å². The van der Waals surface area contributed by atoms with Crippen LogP contribution in [-0.2, 0) is 18.3 Å². The Morgan fingerprint density at radius 1 is 1.47 bits per heavy atom. The monoisotopic (exact) mass is 229 g/mol. The number of hydrogen-bond acceptors (Lipinski definition) is 1. The summed E-state index contributed by atoms with van der Waals surface area (Å²) in [5.74, 6) is -0.923. The number of aliphatic carboxylic acids is 1. The number of carbonyl (C=O) groups is 1. The van der Waals surface area contributed by atoms with Crippen LogP contribution in [0, 0.1) is 0 Å². The largest absolute Gasteiger partial charge is 0.478 e. The number of nitrogens with zero attached hydrogens (tertiary/aromatic N) is 1. The number of rotatable bonds is 3. The van der Waals surface area contributed by atoms with Gasteiger partial charge in [-0.05, 0) is 30.2 Å². The number of fused-ring (bicyclic) bond motifs is 1. The quantitative estimate of drug-likeness (QED) is 0.822. The second-order valence-electron chi connectivity index (χ2n) is 4.07. The Morgan fingerprint density at radius 3 is 2.88 bits per heavy atom. The molecule has 0 aliphatic heterocycles. The fourth-order valence-corrected chi connectivity index (χ4v) is 1.98. The molecule has 3 nitrogen and oxygen atoms in total. The molecule has 0 saturated heterocycles. The maximum Gasteiger partial charge on any atom is 0.328 e. The average Bonchev–Trinajstić information content (AvgIpc) is 2.63. The summed E-state index contributed by atoms with van der Waals surface area (Å²) in [6.45, 7) is 2.11. The third-order valence-corrected chi connectivity index (χ3v) is 2.90. The Hall–Kier alpha value is -2.03. The molecule has 17 heavy (non-hydrogen) atoms. The molecule has 1 aromatic heterocycles. The van der Waals surface area contributed by atoms with Crippen LogP contribution in [-0.4, -0.2) is 15.6 Å². The van der Waals surface area contributed by atoms with E-state index in [1.54, 1.807) is 6.08 Å². The average molecular weight is 229 g/mol. The first-order chi connectivity index (χ1) is 8.11. The minimum absolute atomic E-state index is 0.923. The van der Waals surface area contributed by atoms with E-state index in [2.05, 4.69) is 25.1 Å². The van der Waals surface area contributed by atoms with Gasteiger partial charge in [0, 0.05) is 35.8 Å². The van der Waals surface area contributed by atoms with Crippen LogP contribution in [0.4, 0.5) is 0 Å². The van der Waals surface area contributed by atoms with Crippen LogP contribution < -0.4 is 0 Å². The molecule has 3 heteroatoms. The van der Waals surface area contributed by atoms with Crippen LogP contribution in [0.15, 0.2) is 30.5 Å². The molecule has 1 N–H and O–H groups in total. The molecule has 1 aromatic carbocycles. The molecule has 0 aliphatic carbocycles. The highest BCUT2D eigenvalue weighted by Crippen LogP contribution is 2.23. The van der Waals surface area contributed by atoms with Crippen LogP contribution >= 0.6 is 0 Å². The molecule has 2 aromatic rings. The lowest BCUT2D eigenvalue weighted by atomic mass is 10.1. The molecule has 0 amide bonds. The van der Waals surface area contributed by atoms with Crippen LogP contribution in [0.1, 0.15) is 18.1 Å². The van der Waals surface area contributed by atoms with Crippen molar-refractivity contribution in [2.75, 3.05) is 0 Å². The van der Waals surface area contributed by atoms with Gasteiger partial charge < -0.3 is 9.67 Å². The number of carboxylic acids is 1.